The van der Waals surface area contributed by atoms with Crippen molar-refractivity contribution in [2.24, 2.45) is 5.73 Å². The smallest absolute Gasteiger partial charge is 0.462 e. The fourth-order valence-corrected chi connectivity index (χ4v) is 8.15. The van der Waals surface area contributed by atoms with Gasteiger partial charge in [-0.05, 0) is 32.1 Å². The summed E-state index contributed by atoms with van der Waals surface area (Å²) in [6.07, 6.45) is 49.7. The maximum absolute atomic E-state index is 12.6. The summed E-state index contributed by atoms with van der Waals surface area (Å²) in [5.74, 6) is -0.816. The van der Waals surface area contributed by atoms with Crippen molar-refractivity contribution in [2.45, 2.75) is 264 Å². The second-order valence-electron chi connectivity index (χ2n) is 17.0. The zero-order valence-electron chi connectivity index (χ0n) is 38.8. The summed E-state index contributed by atoms with van der Waals surface area (Å²) in [6.45, 7) is 3.75. The van der Waals surface area contributed by atoms with Crippen molar-refractivity contribution >= 4 is 19.8 Å². The third kappa shape index (κ3) is 46.1. The number of phosphoric ester groups is 1. The highest BCUT2D eigenvalue weighted by molar-refractivity contribution is 7.47. The molecule has 0 aliphatic carbocycles. The number of carbonyl (C=O) groups is 2. The highest BCUT2D eigenvalue weighted by atomic mass is 31.2. The van der Waals surface area contributed by atoms with E-state index < -0.39 is 26.5 Å². The molecule has 0 aliphatic heterocycles. The number of allylic oxidation sites excluding steroid dienone is 2. The maximum Gasteiger partial charge on any atom is 0.472 e. The van der Waals surface area contributed by atoms with Crippen molar-refractivity contribution in [3.8, 4) is 0 Å². The lowest BCUT2D eigenvalue weighted by Crippen LogP contribution is -2.29. The first-order chi connectivity index (χ1) is 28.8. The van der Waals surface area contributed by atoms with Crippen LogP contribution in [0.1, 0.15) is 258 Å². The molecule has 0 aromatic carbocycles. The third-order valence-corrected chi connectivity index (χ3v) is 12.1. The number of hydrogen-bond donors (Lipinski definition) is 2. The molecule has 10 heteroatoms. The Hall–Kier alpha value is -1.25. The maximum atomic E-state index is 12.6. The number of phosphoric acid groups is 1. The van der Waals surface area contributed by atoms with Gasteiger partial charge in [-0.2, -0.15) is 0 Å². The first-order valence-corrected chi connectivity index (χ1v) is 26.7. The van der Waals surface area contributed by atoms with Crippen LogP contribution in [-0.2, 0) is 32.7 Å². The van der Waals surface area contributed by atoms with Crippen molar-refractivity contribution in [2.75, 3.05) is 26.4 Å². The molecule has 0 aromatic heterocycles. The van der Waals surface area contributed by atoms with Gasteiger partial charge in [0.2, 0.25) is 0 Å². The highest BCUT2D eigenvalue weighted by Gasteiger charge is 2.26. The van der Waals surface area contributed by atoms with Crippen LogP contribution in [0.4, 0.5) is 0 Å². The van der Waals surface area contributed by atoms with E-state index in [1.165, 1.54) is 193 Å². The summed E-state index contributed by atoms with van der Waals surface area (Å²) in [4.78, 5) is 35.0. The topological polar surface area (TPSA) is 134 Å². The summed E-state index contributed by atoms with van der Waals surface area (Å²) < 4.78 is 32.9. The van der Waals surface area contributed by atoms with Crippen LogP contribution in [0.25, 0.3) is 0 Å². The Morgan fingerprint density at radius 1 is 0.492 bits per heavy atom. The third-order valence-electron chi connectivity index (χ3n) is 11.2. The molecule has 0 fully saturated rings. The zero-order chi connectivity index (χ0) is 43.2. The van der Waals surface area contributed by atoms with E-state index >= 15 is 0 Å². The Labute approximate surface area is 364 Å². The van der Waals surface area contributed by atoms with Crippen molar-refractivity contribution in [3.63, 3.8) is 0 Å². The van der Waals surface area contributed by atoms with Gasteiger partial charge in [0.15, 0.2) is 6.10 Å². The molecule has 3 N–H and O–H groups in total. The van der Waals surface area contributed by atoms with Gasteiger partial charge in [-0.15, -0.1) is 0 Å². The first kappa shape index (κ1) is 57.8. The van der Waals surface area contributed by atoms with Gasteiger partial charge in [-0.25, -0.2) is 4.57 Å². The van der Waals surface area contributed by atoms with Crippen molar-refractivity contribution in [1.82, 2.24) is 0 Å². The number of ether oxygens (including phenoxy) is 2. The van der Waals surface area contributed by atoms with E-state index in [1.807, 2.05) is 0 Å². The van der Waals surface area contributed by atoms with Crippen LogP contribution in [0.5, 0.6) is 0 Å². The van der Waals surface area contributed by atoms with E-state index in [-0.39, 0.29) is 38.6 Å². The Balaban J connectivity index is 3.98. The Morgan fingerprint density at radius 2 is 0.847 bits per heavy atom. The molecule has 0 spiro atoms. The first-order valence-electron chi connectivity index (χ1n) is 25.2. The molecule has 0 rings (SSSR count). The van der Waals surface area contributed by atoms with Crippen molar-refractivity contribution in [1.29, 1.82) is 0 Å². The van der Waals surface area contributed by atoms with Crippen LogP contribution in [0.2, 0.25) is 0 Å². The number of hydrogen-bond acceptors (Lipinski definition) is 8. The van der Waals surface area contributed by atoms with Gasteiger partial charge in [0.1, 0.15) is 6.61 Å². The van der Waals surface area contributed by atoms with Gasteiger partial charge in [0.25, 0.3) is 0 Å². The molecule has 0 aliphatic rings. The predicted molar refractivity (Wildman–Crippen MR) is 248 cm³/mol. The van der Waals surface area contributed by atoms with Gasteiger partial charge < -0.3 is 20.1 Å². The monoisotopic (exact) mass is 858 g/mol. The fourth-order valence-electron chi connectivity index (χ4n) is 7.38. The lowest BCUT2D eigenvalue weighted by molar-refractivity contribution is -0.161. The molecule has 0 saturated heterocycles. The zero-order valence-corrected chi connectivity index (χ0v) is 39.7. The summed E-state index contributed by atoms with van der Waals surface area (Å²) in [6, 6.07) is 0. The van der Waals surface area contributed by atoms with Crippen LogP contribution < -0.4 is 5.73 Å². The van der Waals surface area contributed by atoms with Crippen LogP contribution in [0.15, 0.2) is 12.2 Å². The molecule has 1 unspecified atom stereocenters. The molecular formula is C49H96NO8P. The van der Waals surface area contributed by atoms with Crippen molar-refractivity contribution < 1.29 is 37.6 Å². The largest absolute Gasteiger partial charge is 0.472 e. The minimum atomic E-state index is -4.38. The molecule has 350 valence electrons. The van der Waals surface area contributed by atoms with Gasteiger partial charge >= 0.3 is 19.8 Å². The number of nitrogens with two attached hydrogens (primary N) is 1. The Bertz CT molecular complexity index is 980. The van der Waals surface area contributed by atoms with E-state index in [0.717, 1.165) is 32.1 Å². The highest BCUT2D eigenvalue weighted by Crippen LogP contribution is 2.43. The van der Waals surface area contributed by atoms with Crippen LogP contribution in [-0.4, -0.2) is 49.3 Å². The van der Waals surface area contributed by atoms with E-state index in [0.29, 0.717) is 6.42 Å². The second kappa shape index (κ2) is 46.3. The fraction of sp³-hybridized carbons (Fsp3) is 0.918. The summed E-state index contributed by atoms with van der Waals surface area (Å²) >= 11 is 0. The number of unbranched alkanes of at least 4 members (excludes halogenated alkanes) is 33. The predicted octanol–water partition coefficient (Wildman–Crippen LogP) is 15.0. The van der Waals surface area contributed by atoms with Gasteiger partial charge in [0.05, 0.1) is 13.2 Å². The average molecular weight is 858 g/mol. The molecule has 0 aromatic rings. The molecule has 0 saturated carbocycles. The second-order valence-corrected chi connectivity index (χ2v) is 18.5. The van der Waals surface area contributed by atoms with E-state index in [1.54, 1.807) is 0 Å². The Kier molecular flexibility index (Phi) is 45.3. The van der Waals surface area contributed by atoms with Crippen LogP contribution in [0, 0.1) is 0 Å². The molecule has 0 radical (unpaired) electrons. The lowest BCUT2D eigenvalue weighted by Gasteiger charge is -2.19. The molecule has 59 heavy (non-hydrogen) atoms. The van der Waals surface area contributed by atoms with E-state index in [2.05, 4.69) is 26.0 Å². The normalized spacial score (nSPS) is 13.2. The quantitative estimate of drug-likeness (QED) is 0.0265. The lowest BCUT2D eigenvalue weighted by atomic mass is 10.0. The van der Waals surface area contributed by atoms with Gasteiger partial charge in [-0.1, -0.05) is 225 Å². The summed E-state index contributed by atoms with van der Waals surface area (Å²) in [5.41, 5.74) is 5.36. The summed E-state index contributed by atoms with van der Waals surface area (Å²) in [5, 5.41) is 0. The molecular weight excluding hydrogens is 762 g/mol. The number of rotatable bonds is 48. The molecule has 0 heterocycles. The standard InChI is InChI=1S/C49H96NO8P/c1-3-5-7-9-11-13-15-17-19-20-21-22-23-24-25-26-28-30-32-34-36-38-40-42-49(52)58-47(46-57-59(53,54)56-44-43-50)45-55-48(51)41-39-37-35-33-31-29-27-18-16-14-12-10-8-6-4-2/h10,12,47H,3-9,11,13-46,50H2,1-2H3,(H,53,54)/b12-10+/t47-/m1/s1. The number of carbonyl (C=O) groups excluding carboxylic acids is 2. The summed E-state index contributed by atoms with van der Waals surface area (Å²) in [7, 11) is -4.38. The van der Waals surface area contributed by atoms with Gasteiger partial charge in [-0.3, -0.25) is 18.6 Å². The van der Waals surface area contributed by atoms with Crippen molar-refractivity contribution in [3.05, 3.63) is 12.2 Å². The van der Waals surface area contributed by atoms with E-state index in [4.69, 9.17) is 24.3 Å². The molecule has 2 atom stereocenters. The molecule has 0 amide bonds. The van der Waals surface area contributed by atoms with E-state index in [9.17, 15) is 19.0 Å². The minimum absolute atomic E-state index is 0.0564. The van der Waals surface area contributed by atoms with Gasteiger partial charge in [0, 0.05) is 19.4 Å². The minimum Gasteiger partial charge on any atom is -0.462 e. The van der Waals surface area contributed by atoms with Crippen LogP contribution >= 0.6 is 7.82 Å². The molecule has 9 nitrogen and oxygen atoms in total. The Morgan fingerprint density at radius 3 is 1.25 bits per heavy atom. The van der Waals surface area contributed by atoms with Crippen LogP contribution in [0.3, 0.4) is 0 Å². The molecule has 0 bridgehead atoms. The number of esters is 2. The SMILES string of the molecule is CCCC/C=C/CCCCCCCCCCCC(=O)OC[C@H](COP(=O)(O)OCCN)OC(=O)CCCCCCCCCCCCCCCCCCCCCCCCC. The average Bonchev–Trinajstić information content (AvgIpc) is 3.22.